The van der Waals surface area contributed by atoms with E-state index in [0.717, 1.165) is 19.3 Å². The van der Waals surface area contributed by atoms with Crippen molar-refractivity contribution in [3.63, 3.8) is 0 Å². The van der Waals surface area contributed by atoms with Crippen molar-refractivity contribution in [3.05, 3.63) is 59.9 Å². The average Bonchev–Trinajstić information content (AvgIpc) is 2.67. The largest absolute Gasteiger partial charge is 0.378 e. The van der Waals surface area contributed by atoms with Crippen molar-refractivity contribution in [1.29, 1.82) is 0 Å². The summed E-state index contributed by atoms with van der Waals surface area (Å²) in [5.74, 6) is -0.562. The zero-order chi connectivity index (χ0) is 19.4. The summed E-state index contributed by atoms with van der Waals surface area (Å²) in [5.41, 5.74) is 1.07. The van der Waals surface area contributed by atoms with Crippen molar-refractivity contribution in [1.82, 2.24) is 4.31 Å². The summed E-state index contributed by atoms with van der Waals surface area (Å²) in [6.45, 7) is 2.53. The van der Waals surface area contributed by atoms with Crippen molar-refractivity contribution in [2.24, 2.45) is 0 Å². The van der Waals surface area contributed by atoms with Gasteiger partial charge in [-0.2, -0.15) is 4.31 Å². The normalized spacial score (nSPS) is 18.2. The van der Waals surface area contributed by atoms with E-state index in [1.165, 1.54) is 24.3 Å². The molecule has 5 nitrogen and oxygen atoms in total. The predicted octanol–water partition coefficient (Wildman–Crippen LogP) is 3.68. The molecular formula is C20H23FN2O3S. The third-order valence-electron chi connectivity index (χ3n) is 4.82. The molecule has 1 aliphatic heterocycles. The van der Waals surface area contributed by atoms with Gasteiger partial charge in [0.05, 0.1) is 11.4 Å². The van der Waals surface area contributed by atoms with Crippen LogP contribution < -0.4 is 5.32 Å². The van der Waals surface area contributed by atoms with E-state index in [9.17, 15) is 17.6 Å². The van der Waals surface area contributed by atoms with Gasteiger partial charge in [0.15, 0.2) is 5.78 Å². The lowest BCUT2D eigenvalue weighted by atomic mass is 10.1. The zero-order valence-electron chi connectivity index (χ0n) is 15.2. The number of benzene rings is 2. The van der Waals surface area contributed by atoms with Gasteiger partial charge in [-0.1, -0.05) is 6.42 Å². The molecule has 1 N–H and O–H groups in total. The minimum atomic E-state index is -3.50. The van der Waals surface area contributed by atoms with Gasteiger partial charge in [0.25, 0.3) is 0 Å². The minimum absolute atomic E-state index is 0.00915. The van der Waals surface area contributed by atoms with Crippen molar-refractivity contribution in [2.75, 3.05) is 18.4 Å². The molecule has 1 heterocycles. The Labute approximate surface area is 159 Å². The van der Waals surface area contributed by atoms with Crippen LogP contribution in [0.5, 0.6) is 0 Å². The molecule has 0 spiro atoms. The number of Topliss-reactive ketones (excluding diaryl/α,β-unsaturated/α-hetero) is 1. The summed E-state index contributed by atoms with van der Waals surface area (Å²) in [7, 11) is -3.50. The highest BCUT2D eigenvalue weighted by molar-refractivity contribution is 7.89. The number of ketones is 1. The molecule has 3 rings (SSSR count). The first kappa shape index (κ1) is 19.5. The van der Waals surface area contributed by atoms with Crippen LogP contribution in [0.2, 0.25) is 0 Å². The van der Waals surface area contributed by atoms with Gasteiger partial charge >= 0.3 is 0 Å². The molecule has 0 aromatic heterocycles. The number of nitrogens with one attached hydrogen (secondary N) is 1. The molecule has 1 atom stereocenters. The van der Waals surface area contributed by atoms with Crippen LogP contribution in [0.1, 0.15) is 36.5 Å². The number of rotatable bonds is 6. The predicted molar refractivity (Wildman–Crippen MR) is 103 cm³/mol. The number of piperidine rings is 1. The zero-order valence-corrected chi connectivity index (χ0v) is 16.0. The Hall–Kier alpha value is -2.25. The summed E-state index contributed by atoms with van der Waals surface area (Å²) in [4.78, 5) is 12.4. The van der Waals surface area contributed by atoms with Gasteiger partial charge in [0.1, 0.15) is 5.82 Å². The van der Waals surface area contributed by atoms with E-state index in [-0.39, 0.29) is 29.1 Å². The standard InChI is InChI=1S/C20H23FN2O3S/c1-15-4-2-3-13-23(15)27(25,26)19-11-9-18(10-12-19)22-14-20(24)16-5-7-17(21)8-6-16/h5-12,15,22H,2-4,13-14H2,1H3. The highest BCUT2D eigenvalue weighted by atomic mass is 32.2. The number of nitrogens with zero attached hydrogens (tertiary/aromatic N) is 1. The molecule has 0 saturated carbocycles. The van der Waals surface area contributed by atoms with Gasteiger partial charge in [-0.3, -0.25) is 4.79 Å². The molecule has 2 aromatic rings. The lowest BCUT2D eigenvalue weighted by Gasteiger charge is -2.32. The second-order valence-electron chi connectivity index (χ2n) is 6.77. The molecule has 144 valence electrons. The van der Waals surface area contributed by atoms with Crippen LogP contribution in [0.25, 0.3) is 0 Å². The number of hydrogen-bond donors (Lipinski definition) is 1. The van der Waals surface area contributed by atoms with Crippen LogP contribution in [0.15, 0.2) is 53.4 Å². The first-order valence-electron chi connectivity index (χ1n) is 9.02. The fraction of sp³-hybridized carbons (Fsp3) is 0.350. The van der Waals surface area contributed by atoms with E-state index in [4.69, 9.17) is 0 Å². The molecule has 0 bridgehead atoms. The van der Waals surface area contributed by atoms with Gasteiger partial charge in [0, 0.05) is 23.8 Å². The maximum absolute atomic E-state index is 12.9. The minimum Gasteiger partial charge on any atom is -0.378 e. The molecule has 0 amide bonds. The Bertz CT molecular complexity index is 896. The van der Waals surface area contributed by atoms with Crippen LogP contribution in [0.3, 0.4) is 0 Å². The molecule has 1 fully saturated rings. The van der Waals surface area contributed by atoms with E-state index >= 15 is 0 Å². The molecule has 0 aliphatic carbocycles. The Morgan fingerprint density at radius 1 is 1.11 bits per heavy atom. The third kappa shape index (κ3) is 4.54. The van der Waals surface area contributed by atoms with Crippen LogP contribution >= 0.6 is 0 Å². The quantitative estimate of drug-likeness (QED) is 0.764. The number of hydrogen-bond acceptors (Lipinski definition) is 4. The molecule has 0 radical (unpaired) electrons. The van der Waals surface area contributed by atoms with E-state index < -0.39 is 10.0 Å². The average molecular weight is 390 g/mol. The van der Waals surface area contributed by atoms with Crippen LogP contribution in [0.4, 0.5) is 10.1 Å². The van der Waals surface area contributed by atoms with Crippen molar-refractivity contribution < 1.29 is 17.6 Å². The molecule has 2 aromatic carbocycles. The van der Waals surface area contributed by atoms with Gasteiger partial charge in [-0.05, 0) is 68.3 Å². The number of carbonyl (C=O) groups is 1. The number of anilines is 1. The maximum atomic E-state index is 12.9. The Morgan fingerprint density at radius 3 is 2.41 bits per heavy atom. The smallest absolute Gasteiger partial charge is 0.243 e. The van der Waals surface area contributed by atoms with Crippen molar-refractivity contribution in [2.45, 2.75) is 37.1 Å². The van der Waals surface area contributed by atoms with Crippen molar-refractivity contribution >= 4 is 21.5 Å². The first-order valence-corrected chi connectivity index (χ1v) is 10.5. The number of carbonyl (C=O) groups excluding carboxylic acids is 1. The van der Waals surface area contributed by atoms with Crippen molar-refractivity contribution in [3.8, 4) is 0 Å². The topological polar surface area (TPSA) is 66.5 Å². The summed E-state index contributed by atoms with van der Waals surface area (Å²) >= 11 is 0. The summed E-state index contributed by atoms with van der Waals surface area (Å²) in [5, 5.41) is 2.97. The summed E-state index contributed by atoms with van der Waals surface area (Å²) in [6, 6.07) is 11.8. The van der Waals surface area contributed by atoms with Crippen LogP contribution in [0, 0.1) is 5.82 Å². The van der Waals surface area contributed by atoms with E-state index in [0.29, 0.717) is 17.8 Å². The Balaban J connectivity index is 1.64. The summed E-state index contributed by atoms with van der Waals surface area (Å²) in [6.07, 6.45) is 2.82. The number of sulfonamides is 1. The van der Waals surface area contributed by atoms with Gasteiger partial charge in [-0.15, -0.1) is 0 Å². The first-order chi connectivity index (χ1) is 12.9. The highest BCUT2D eigenvalue weighted by Crippen LogP contribution is 2.25. The molecule has 1 unspecified atom stereocenters. The third-order valence-corrected chi connectivity index (χ3v) is 6.85. The molecular weight excluding hydrogens is 367 g/mol. The Kier molecular flexibility index (Phi) is 5.92. The molecule has 1 aliphatic rings. The monoisotopic (exact) mass is 390 g/mol. The molecule has 7 heteroatoms. The SMILES string of the molecule is CC1CCCCN1S(=O)(=O)c1ccc(NCC(=O)c2ccc(F)cc2)cc1. The van der Waals surface area contributed by atoms with Crippen LogP contribution in [-0.4, -0.2) is 37.6 Å². The van der Waals surface area contributed by atoms with Gasteiger partial charge in [0.2, 0.25) is 10.0 Å². The fourth-order valence-corrected chi connectivity index (χ4v) is 4.93. The Morgan fingerprint density at radius 2 is 1.78 bits per heavy atom. The molecule has 1 saturated heterocycles. The lowest BCUT2D eigenvalue weighted by molar-refractivity contribution is 0.101. The van der Waals surface area contributed by atoms with E-state index in [2.05, 4.69) is 5.32 Å². The molecule has 27 heavy (non-hydrogen) atoms. The lowest BCUT2D eigenvalue weighted by Crippen LogP contribution is -2.41. The fourth-order valence-electron chi connectivity index (χ4n) is 3.23. The number of halogens is 1. The van der Waals surface area contributed by atoms with Gasteiger partial charge < -0.3 is 5.32 Å². The maximum Gasteiger partial charge on any atom is 0.243 e. The van der Waals surface area contributed by atoms with E-state index in [1.54, 1.807) is 28.6 Å². The van der Waals surface area contributed by atoms with E-state index in [1.807, 2.05) is 6.92 Å². The second-order valence-corrected chi connectivity index (χ2v) is 8.66. The summed E-state index contributed by atoms with van der Waals surface area (Å²) < 4.78 is 40.1. The van der Waals surface area contributed by atoms with Crippen LogP contribution in [-0.2, 0) is 10.0 Å². The second kappa shape index (κ2) is 8.19. The van der Waals surface area contributed by atoms with Gasteiger partial charge in [-0.25, -0.2) is 12.8 Å². The highest BCUT2D eigenvalue weighted by Gasteiger charge is 2.30.